The van der Waals surface area contributed by atoms with Gasteiger partial charge in [-0.25, -0.2) is 13.2 Å². The summed E-state index contributed by atoms with van der Waals surface area (Å²) in [7, 11) is 0. The van der Waals surface area contributed by atoms with Crippen LogP contribution in [0, 0.1) is 5.82 Å². The highest BCUT2D eigenvalue weighted by Crippen LogP contribution is 2.31. The van der Waals surface area contributed by atoms with Crippen molar-refractivity contribution in [3.63, 3.8) is 0 Å². The van der Waals surface area contributed by atoms with Gasteiger partial charge in [0.2, 0.25) is 5.91 Å². The predicted molar refractivity (Wildman–Crippen MR) is 65.3 cm³/mol. The van der Waals surface area contributed by atoms with Crippen molar-refractivity contribution >= 4 is 21.8 Å². The molecule has 0 spiro atoms. The van der Waals surface area contributed by atoms with Crippen LogP contribution in [0.15, 0.2) is 22.7 Å². The van der Waals surface area contributed by atoms with Gasteiger partial charge in [-0.3, -0.25) is 4.79 Å². The lowest BCUT2D eigenvalue weighted by molar-refractivity contribution is -0.162. The van der Waals surface area contributed by atoms with E-state index in [1.165, 1.54) is 19.1 Å². The number of hydrogen-bond donors (Lipinski definition) is 1. The molecule has 2 rings (SSSR count). The van der Waals surface area contributed by atoms with Gasteiger partial charge in [-0.1, -0.05) is 15.9 Å². The number of alkyl halides is 2. The Balaban J connectivity index is 2.39. The quantitative estimate of drug-likeness (QED) is 0.901. The largest absolute Gasteiger partial charge is 0.357 e. The van der Waals surface area contributed by atoms with E-state index in [0.29, 0.717) is 4.47 Å². The molecule has 104 valence electrons. The molecule has 1 aliphatic rings. The lowest BCUT2D eigenvalue weighted by Gasteiger charge is -2.35. The number of hydrogen-bond acceptors (Lipinski definition) is 2. The maximum absolute atomic E-state index is 13.7. The molecule has 1 N–H and O–H groups in total. The predicted octanol–water partition coefficient (Wildman–Crippen LogP) is 2.80. The second kappa shape index (κ2) is 5.50. The van der Waals surface area contributed by atoms with Crippen LogP contribution in [-0.2, 0) is 9.53 Å². The molecule has 1 aromatic rings. The highest BCUT2D eigenvalue weighted by Gasteiger charge is 2.41. The van der Waals surface area contributed by atoms with Gasteiger partial charge in [0.05, 0.1) is 6.04 Å². The Bertz CT molecular complexity index is 498. The maximum Gasteiger partial charge on any atom is 0.266 e. The molecule has 0 saturated carbocycles. The molecule has 0 bridgehead atoms. The van der Waals surface area contributed by atoms with E-state index in [0.717, 1.165) is 6.07 Å². The van der Waals surface area contributed by atoms with E-state index in [4.69, 9.17) is 4.74 Å². The number of carbonyl (C=O) groups is 1. The Hall–Kier alpha value is -1.08. The highest BCUT2D eigenvalue weighted by molar-refractivity contribution is 9.10. The van der Waals surface area contributed by atoms with Crippen LogP contribution in [0.1, 0.15) is 18.5 Å². The third-order valence-electron chi connectivity index (χ3n) is 2.90. The van der Waals surface area contributed by atoms with E-state index < -0.39 is 36.4 Å². The fourth-order valence-corrected chi connectivity index (χ4v) is 2.32. The molecule has 3 nitrogen and oxygen atoms in total. The first-order valence-electron chi connectivity index (χ1n) is 5.59. The van der Waals surface area contributed by atoms with Gasteiger partial charge < -0.3 is 10.1 Å². The zero-order chi connectivity index (χ0) is 14.2. The van der Waals surface area contributed by atoms with Crippen LogP contribution in [0.5, 0.6) is 0 Å². The van der Waals surface area contributed by atoms with Crippen LogP contribution in [0.4, 0.5) is 13.2 Å². The van der Waals surface area contributed by atoms with Crippen LogP contribution in [0.2, 0.25) is 0 Å². The number of rotatable bonds is 2. The third kappa shape index (κ3) is 2.92. The van der Waals surface area contributed by atoms with Gasteiger partial charge in [0.25, 0.3) is 6.43 Å². The molecule has 0 aromatic heterocycles. The number of nitrogens with one attached hydrogen (secondary N) is 1. The monoisotopic (exact) mass is 337 g/mol. The second-order valence-electron chi connectivity index (χ2n) is 4.23. The van der Waals surface area contributed by atoms with E-state index in [9.17, 15) is 18.0 Å². The summed E-state index contributed by atoms with van der Waals surface area (Å²) >= 11 is 3.14. The van der Waals surface area contributed by atoms with Crippen LogP contribution in [0.3, 0.4) is 0 Å². The Morgan fingerprint density at radius 1 is 1.42 bits per heavy atom. The lowest BCUT2D eigenvalue weighted by atomic mass is 9.98. The number of morpholine rings is 1. The van der Waals surface area contributed by atoms with Crippen LogP contribution >= 0.6 is 15.9 Å². The Kier molecular flexibility index (Phi) is 4.15. The summed E-state index contributed by atoms with van der Waals surface area (Å²) < 4.78 is 45.2. The molecule has 0 radical (unpaired) electrons. The fourth-order valence-electron chi connectivity index (χ4n) is 1.94. The van der Waals surface area contributed by atoms with Crippen molar-refractivity contribution in [2.45, 2.75) is 31.6 Å². The molecule has 1 heterocycles. The number of benzene rings is 1. The minimum absolute atomic E-state index is 0.0278. The molecule has 0 aliphatic carbocycles. The van der Waals surface area contributed by atoms with Gasteiger partial charge in [0.15, 0.2) is 0 Å². The smallest absolute Gasteiger partial charge is 0.266 e. The molecule has 1 amide bonds. The molecule has 1 aromatic carbocycles. The number of halogens is 4. The van der Waals surface area contributed by atoms with E-state index in [1.54, 1.807) is 0 Å². The van der Waals surface area contributed by atoms with Gasteiger partial charge in [0, 0.05) is 10.0 Å². The average Bonchev–Trinajstić information content (AvgIpc) is 2.35. The van der Waals surface area contributed by atoms with Crippen molar-refractivity contribution in [2.24, 2.45) is 0 Å². The molecular formula is C12H11BrF3NO2. The van der Waals surface area contributed by atoms with Gasteiger partial charge in [0.1, 0.15) is 18.0 Å². The van der Waals surface area contributed by atoms with Crippen LogP contribution < -0.4 is 5.32 Å². The first-order valence-corrected chi connectivity index (χ1v) is 6.38. The molecule has 7 heteroatoms. The van der Waals surface area contributed by atoms with Crippen molar-refractivity contribution < 1.29 is 22.7 Å². The van der Waals surface area contributed by atoms with Crippen molar-refractivity contribution in [1.82, 2.24) is 5.32 Å². The molecule has 19 heavy (non-hydrogen) atoms. The molecule has 1 fully saturated rings. The topological polar surface area (TPSA) is 38.3 Å². The van der Waals surface area contributed by atoms with Gasteiger partial charge in [-0.2, -0.15) is 0 Å². The normalized spacial score (nSPS) is 27.5. The van der Waals surface area contributed by atoms with E-state index in [2.05, 4.69) is 21.2 Å². The Labute approximate surface area is 116 Å². The summed E-state index contributed by atoms with van der Waals surface area (Å²) in [4.78, 5) is 11.5. The molecule has 3 atom stereocenters. The number of amides is 1. The van der Waals surface area contributed by atoms with Crippen LogP contribution in [-0.4, -0.2) is 24.5 Å². The number of ether oxygens (including phenoxy) is 1. The maximum atomic E-state index is 13.7. The van der Waals surface area contributed by atoms with Crippen molar-refractivity contribution in [3.8, 4) is 0 Å². The minimum Gasteiger partial charge on any atom is -0.357 e. The van der Waals surface area contributed by atoms with Crippen LogP contribution in [0.25, 0.3) is 0 Å². The average molecular weight is 338 g/mol. The summed E-state index contributed by atoms with van der Waals surface area (Å²) in [6, 6.07) is 2.74. The van der Waals surface area contributed by atoms with E-state index in [1.807, 2.05) is 0 Å². The SMILES string of the molecule is CC1OC(C(F)F)C(c2cc(Br)ccc2F)NC1=O. The highest BCUT2D eigenvalue weighted by atomic mass is 79.9. The van der Waals surface area contributed by atoms with Gasteiger partial charge in [-0.05, 0) is 25.1 Å². The fraction of sp³-hybridized carbons (Fsp3) is 0.417. The number of carbonyl (C=O) groups excluding carboxylic acids is 1. The van der Waals surface area contributed by atoms with Crippen molar-refractivity contribution in [3.05, 3.63) is 34.1 Å². The van der Waals surface area contributed by atoms with Gasteiger partial charge >= 0.3 is 0 Å². The summed E-state index contributed by atoms with van der Waals surface area (Å²) in [5.41, 5.74) is -0.0278. The van der Waals surface area contributed by atoms with E-state index in [-0.39, 0.29) is 5.56 Å². The molecule has 3 unspecified atom stereocenters. The second-order valence-corrected chi connectivity index (χ2v) is 5.15. The Morgan fingerprint density at radius 2 is 2.11 bits per heavy atom. The summed E-state index contributed by atoms with van der Waals surface area (Å²) in [6.07, 6.45) is -5.38. The first-order chi connectivity index (χ1) is 8.90. The summed E-state index contributed by atoms with van der Waals surface area (Å²) in [6.45, 7) is 1.37. The standard InChI is InChI=1S/C12H11BrF3NO2/c1-5-12(18)17-9(10(19-5)11(15)16)7-4-6(13)2-3-8(7)14/h2-5,9-11H,1H3,(H,17,18). The lowest BCUT2D eigenvalue weighted by Crippen LogP contribution is -2.52. The summed E-state index contributed by atoms with van der Waals surface area (Å²) in [5.74, 6) is -1.21. The first kappa shape index (κ1) is 14.3. The van der Waals surface area contributed by atoms with Gasteiger partial charge in [-0.15, -0.1) is 0 Å². The Morgan fingerprint density at radius 3 is 2.74 bits per heavy atom. The third-order valence-corrected chi connectivity index (χ3v) is 3.39. The summed E-state index contributed by atoms with van der Waals surface area (Å²) in [5, 5.41) is 2.38. The molecular weight excluding hydrogens is 327 g/mol. The molecule has 1 saturated heterocycles. The minimum atomic E-state index is -2.83. The zero-order valence-corrected chi connectivity index (χ0v) is 11.5. The van der Waals surface area contributed by atoms with E-state index >= 15 is 0 Å². The zero-order valence-electron chi connectivity index (χ0n) is 9.87. The molecule has 1 aliphatic heterocycles. The van der Waals surface area contributed by atoms with Crippen molar-refractivity contribution in [2.75, 3.05) is 0 Å². The van der Waals surface area contributed by atoms with Crippen molar-refractivity contribution in [1.29, 1.82) is 0 Å².